The third kappa shape index (κ3) is 1.64. The topological polar surface area (TPSA) is 33.6 Å². The Morgan fingerprint density at radius 2 is 2.12 bits per heavy atom. The van der Waals surface area contributed by atoms with Gasteiger partial charge in [-0.2, -0.15) is 0 Å². The van der Waals surface area contributed by atoms with Crippen molar-refractivity contribution in [2.45, 2.75) is 6.92 Å². The summed E-state index contributed by atoms with van der Waals surface area (Å²) in [7, 11) is 2.01. The third-order valence-corrected chi connectivity index (χ3v) is 3.09. The quantitative estimate of drug-likeness (QED) is 0.713. The number of rotatable bonds is 2. The number of aromatic nitrogens is 3. The SMILES string of the molecule is C[C](c1cc2ccccc2[nH]1)c1nccn1C. The molecule has 0 spiro atoms. The van der Waals surface area contributed by atoms with Gasteiger partial charge >= 0.3 is 0 Å². The van der Waals surface area contributed by atoms with E-state index in [-0.39, 0.29) is 0 Å². The van der Waals surface area contributed by atoms with Gasteiger partial charge in [-0.25, -0.2) is 4.98 Å². The number of fused-ring (bicyclic) bond motifs is 1. The van der Waals surface area contributed by atoms with E-state index in [0.29, 0.717) is 0 Å². The normalized spacial score (nSPS) is 11.5. The zero-order valence-electron chi connectivity index (χ0n) is 9.94. The number of hydrogen-bond acceptors (Lipinski definition) is 1. The third-order valence-electron chi connectivity index (χ3n) is 3.09. The maximum absolute atomic E-state index is 4.37. The minimum absolute atomic E-state index is 0.997. The Morgan fingerprint density at radius 1 is 1.29 bits per heavy atom. The lowest BCUT2D eigenvalue weighted by Gasteiger charge is -2.08. The van der Waals surface area contributed by atoms with Crippen LogP contribution < -0.4 is 0 Å². The highest BCUT2D eigenvalue weighted by Gasteiger charge is 2.15. The second-order valence-corrected chi connectivity index (χ2v) is 4.26. The summed E-state index contributed by atoms with van der Waals surface area (Å²) < 4.78 is 2.03. The smallest absolute Gasteiger partial charge is 0.121 e. The number of aromatic amines is 1. The van der Waals surface area contributed by atoms with Gasteiger partial charge in [0.1, 0.15) is 5.82 Å². The van der Waals surface area contributed by atoms with Crippen LogP contribution in [0.15, 0.2) is 42.7 Å². The molecule has 0 bridgehead atoms. The van der Waals surface area contributed by atoms with Gasteiger partial charge in [0.25, 0.3) is 0 Å². The van der Waals surface area contributed by atoms with Gasteiger partial charge in [0, 0.05) is 30.7 Å². The molecule has 85 valence electrons. The minimum Gasteiger partial charge on any atom is -0.358 e. The maximum atomic E-state index is 4.37. The minimum atomic E-state index is 0.997. The van der Waals surface area contributed by atoms with Gasteiger partial charge in [0.15, 0.2) is 0 Å². The summed E-state index contributed by atoms with van der Waals surface area (Å²) in [6.07, 6.45) is 3.78. The molecule has 1 N–H and O–H groups in total. The van der Waals surface area contributed by atoms with Crippen molar-refractivity contribution in [2.24, 2.45) is 7.05 Å². The van der Waals surface area contributed by atoms with Crippen molar-refractivity contribution in [2.75, 3.05) is 0 Å². The standard InChI is InChI=1S/C14H14N3/c1-10(14-15-7-8-17(14)2)13-9-11-5-3-4-6-12(11)16-13/h3-9,16H,1-2H3. The first-order chi connectivity index (χ1) is 8.25. The summed E-state index contributed by atoms with van der Waals surface area (Å²) in [6.45, 7) is 2.09. The van der Waals surface area contributed by atoms with Gasteiger partial charge in [0.05, 0.1) is 5.92 Å². The largest absolute Gasteiger partial charge is 0.358 e. The lowest BCUT2D eigenvalue weighted by Crippen LogP contribution is -2.05. The van der Waals surface area contributed by atoms with Gasteiger partial charge in [-0.1, -0.05) is 18.2 Å². The second kappa shape index (κ2) is 3.77. The second-order valence-electron chi connectivity index (χ2n) is 4.26. The van der Waals surface area contributed by atoms with Crippen molar-refractivity contribution in [3.8, 4) is 0 Å². The van der Waals surface area contributed by atoms with Gasteiger partial charge in [-0.05, 0) is 24.4 Å². The first kappa shape index (κ1) is 10.1. The fourth-order valence-electron chi connectivity index (χ4n) is 2.12. The highest BCUT2D eigenvalue weighted by Crippen LogP contribution is 2.24. The molecule has 1 radical (unpaired) electrons. The first-order valence-corrected chi connectivity index (χ1v) is 5.65. The summed E-state index contributed by atoms with van der Waals surface area (Å²) in [6, 6.07) is 10.5. The average Bonchev–Trinajstić information content (AvgIpc) is 2.93. The molecule has 0 unspecified atom stereocenters. The van der Waals surface area contributed by atoms with Crippen molar-refractivity contribution in [1.82, 2.24) is 14.5 Å². The van der Waals surface area contributed by atoms with E-state index in [0.717, 1.165) is 23.0 Å². The van der Waals surface area contributed by atoms with E-state index in [1.54, 1.807) is 0 Å². The zero-order valence-corrected chi connectivity index (χ0v) is 9.94. The molecule has 3 aromatic rings. The van der Waals surface area contributed by atoms with E-state index in [2.05, 4.69) is 41.2 Å². The molecule has 0 aliphatic rings. The number of H-pyrrole nitrogens is 1. The number of para-hydroxylation sites is 1. The van der Waals surface area contributed by atoms with Crippen molar-refractivity contribution < 1.29 is 0 Å². The molecule has 0 saturated carbocycles. The van der Waals surface area contributed by atoms with E-state index >= 15 is 0 Å². The van der Waals surface area contributed by atoms with Gasteiger partial charge in [-0.3, -0.25) is 0 Å². The number of benzene rings is 1. The number of aryl methyl sites for hydroxylation is 1. The van der Waals surface area contributed by atoms with Crippen LogP contribution in [0.4, 0.5) is 0 Å². The van der Waals surface area contributed by atoms with Crippen LogP contribution in [0.5, 0.6) is 0 Å². The van der Waals surface area contributed by atoms with E-state index in [1.807, 2.05) is 30.1 Å². The molecule has 3 nitrogen and oxygen atoms in total. The number of imidazole rings is 1. The predicted molar refractivity (Wildman–Crippen MR) is 68.6 cm³/mol. The van der Waals surface area contributed by atoms with Gasteiger partial charge < -0.3 is 9.55 Å². The lowest BCUT2D eigenvalue weighted by molar-refractivity contribution is 0.831. The Hall–Kier alpha value is -2.03. The van der Waals surface area contributed by atoms with E-state index in [9.17, 15) is 0 Å². The molecular weight excluding hydrogens is 210 g/mol. The van der Waals surface area contributed by atoms with Gasteiger partial charge in [-0.15, -0.1) is 0 Å². The van der Waals surface area contributed by atoms with Crippen LogP contribution in [0.3, 0.4) is 0 Å². The molecule has 0 aliphatic heterocycles. The number of hydrogen-bond donors (Lipinski definition) is 1. The molecule has 2 aromatic heterocycles. The van der Waals surface area contributed by atoms with Crippen LogP contribution >= 0.6 is 0 Å². The Kier molecular flexibility index (Phi) is 2.25. The van der Waals surface area contributed by atoms with Crippen LogP contribution in [0, 0.1) is 5.92 Å². The van der Waals surface area contributed by atoms with Gasteiger partial charge in [0.2, 0.25) is 0 Å². The Morgan fingerprint density at radius 3 is 2.82 bits per heavy atom. The predicted octanol–water partition coefficient (Wildman–Crippen LogP) is 2.89. The summed E-state index contributed by atoms with van der Waals surface area (Å²) >= 11 is 0. The van der Waals surface area contributed by atoms with Crippen molar-refractivity contribution in [3.63, 3.8) is 0 Å². The van der Waals surface area contributed by atoms with Crippen molar-refractivity contribution in [1.29, 1.82) is 0 Å². The maximum Gasteiger partial charge on any atom is 0.121 e. The lowest BCUT2D eigenvalue weighted by atomic mass is 10.1. The van der Waals surface area contributed by atoms with Crippen LogP contribution in [-0.2, 0) is 7.05 Å². The number of nitrogens with zero attached hydrogens (tertiary/aromatic N) is 2. The summed E-state index contributed by atoms with van der Waals surface area (Å²) in [4.78, 5) is 7.79. The van der Waals surface area contributed by atoms with Crippen molar-refractivity contribution >= 4 is 10.9 Å². The summed E-state index contributed by atoms with van der Waals surface area (Å²) in [5, 5.41) is 1.23. The molecular formula is C14H14N3. The summed E-state index contributed by atoms with van der Waals surface area (Å²) in [5.74, 6) is 2.16. The van der Waals surface area contributed by atoms with Crippen LogP contribution in [0.1, 0.15) is 18.4 Å². The monoisotopic (exact) mass is 224 g/mol. The van der Waals surface area contributed by atoms with E-state index < -0.39 is 0 Å². The van der Waals surface area contributed by atoms with E-state index in [4.69, 9.17) is 0 Å². The van der Waals surface area contributed by atoms with Crippen molar-refractivity contribution in [3.05, 3.63) is 60.2 Å². The zero-order chi connectivity index (χ0) is 11.8. The van der Waals surface area contributed by atoms with Crippen LogP contribution in [0.2, 0.25) is 0 Å². The highest BCUT2D eigenvalue weighted by molar-refractivity contribution is 5.81. The van der Waals surface area contributed by atoms with E-state index in [1.165, 1.54) is 5.39 Å². The molecule has 0 atom stereocenters. The Bertz CT molecular complexity index is 615. The molecule has 3 rings (SSSR count). The summed E-state index contributed by atoms with van der Waals surface area (Å²) in [5.41, 5.74) is 2.29. The van der Waals surface area contributed by atoms with Crippen LogP contribution in [0.25, 0.3) is 10.9 Å². The molecule has 0 fully saturated rings. The fraction of sp³-hybridized carbons (Fsp3) is 0.143. The average molecular weight is 224 g/mol. The Balaban J connectivity index is 2.07. The molecule has 2 heterocycles. The molecule has 0 aliphatic carbocycles. The first-order valence-electron chi connectivity index (χ1n) is 5.65. The van der Waals surface area contributed by atoms with Crippen LogP contribution in [-0.4, -0.2) is 14.5 Å². The molecule has 1 aromatic carbocycles. The molecule has 0 saturated heterocycles. The fourth-order valence-corrected chi connectivity index (χ4v) is 2.12. The highest BCUT2D eigenvalue weighted by atomic mass is 15.0. The number of nitrogens with one attached hydrogen (secondary N) is 1. The molecule has 17 heavy (non-hydrogen) atoms. The molecule has 0 amide bonds. The molecule has 3 heteroatoms. The Labute approximate surface area is 100 Å².